The van der Waals surface area contributed by atoms with Crippen molar-refractivity contribution in [3.8, 4) is 0 Å². The van der Waals surface area contributed by atoms with Gasteiger partial charge in [-0.05, 0) is 12.3 Å². The molecule has 2 rings (SSSR count). The van der Waals surface area contributed by atoms with Gasteiger partial charge in [0.1, 0.15) is 0 Å². The van der Waals surface area contributed by atoms with E-state index in [0.717, 1.165) is 0 Å². The Morgan fingerprint density at radius 2 is 2.40 bits per heavy atom. The zero-order chi connectivity index (χ0) is 10.8. The molecular weight excluding hydrogens is 198 g/mol. The van der Waals surface area contributed by atoms with E-state index in [1.807, 2.05) is 7.05 Å². The minimum absolute atomic E-state index is 0.0429. The lowest BCUT2D eigenvalue weighted by molar-refractivity contribution is 0.0881. The van der Waals surface area contributed by atoms with Crippen molar-refractivity contribution >= 4 is 5.78 Å². The van der Waals surface area contributed by atoms with Gasteiger partial charge in [0, 0.05) is 6.04 Å². The van der Waals surface area contributed by atoms with E-state index in [-0.39, 0.29) is 23.6 Å². The summed E-state index contributed by atoms with van der Waals surface area (Å²) in [5.41, 5.74) is 0. The maximum Gasteiger partial charge on any atom is 0.240 e. The van der Waals surface area contributed by atoms with Crippen LogP contribution in [0, 0.1) is 5.92 Å². The number of ether oxygens (including phenoxy) is 1. The molecule has 7 heteroatoms. The summed E-state index contributed by atoms with van der Waals surface area (Å²) in [6.07, 6.45) is 0. The number of nitrogens with one attached hydrogen (secondary N) is 1. The highest BCUT2D eigenvalue weighted by Gasteiger charge is 2.35. The van der Waals surface area contributed by atoms with E-state index in [2.05, 4.69) is 20.7 Å². The zero-order valence-electron chi connectivity index (χ0n) is 8.67. The third kappa shape index (κ3) is 1.88. The number of ketones is 1. The fraction of sp³-hybridized carbons (Fsp3) is 0.750. The quantitative estimate of drug-likeness (QED) is 0.621. The van der Waals surface area contributed by atoms with Gasteiger partial charge in [0.2, 0.25) is 11.6 Å². The average molecular weight is 211 g/mol. The van der Waals surface area contributed by atoms with Crippen LogP contribution in [0.3, 0.4) is 0 Å². The third-order valence-corrected chi connectivity index (χ3v) is 2.52. The summed E-state index contributed by atoms with van der Waals surface area (Å²) in [6, 6.07) is 0.0429. The van der Waals surface area contributed by atoms with Crippen molar-refractivity contribution in [3.63, 3.8) is 0 Å². The first kappa shape index (κ1) is 10.2. The summed E-state index contributed by atoms with van der Waals surface area (Å²) in [5.74, 6) is -0.160. The fourth-order valence-electron chi connectivity index (χ4n) is 1.65. The molecule has 1 aromatic rings. The Bertz CT molecular complexity index is 364. The van der Waals surface area contributed by atoms with E-state index >= 15 is 0 Å². The number of carbonyl (C=O) groups is 1. The van der Waals surface area contributed by atoms with Crippen LogP contribution in [0.2, 0.25) is 0 Å². The highest BCUT2D eigenvalue weighted by molar-refractivity contribution is 5.95. The van der Waals surface area contributed by atoms with Crippen LogP contribution in [0.5, 0.6) is 0 Å². The van der Waals surface area contributed by atoms with E-state index in [1.54, 1.807) is 7.05 Å². The Morgan fingerprint density at radius 3 is 3.00 bits per heavy atom. The van der Waals surface area contributed by atoms with Crippen LogP contribution < -0.4 is 5.32 Å². The molecule has 1 N–H and O–H groups in total. The molecule has 0 bridgehead atoms. The van der Waals surface area contributed by atoms with Gasteiger partial charge >= 0.3 is 0 Å². The lowest BCUT2D eigenvalue weighted by Gasteiger charge is -2.12. The largest absolute Gasteiger partial charge is 0.379 e. The summed E-state index contributed by atoms with van der Waals surface area (Å²) in [6.45, 7) is 0.968. The lowest BCUT2D eigenvalue weighted by Crippen LogP contribution is -2.37. The number of hydrogen-bond donors (Lipinski definition) is 1. The number of hydrogen-bond acceptors (Lipinski definition) is 6. The van der Waals surface area contributed by atoms with E-state index in [1.165, 1.54) is 4.80 Å². The van der Waals surface area contributed by atoms with Crippen LogP contribution in [-0.2, 0) is 11.8 Å². The standard InChI is InChI=1S/C8H13N5O2/c1-9-6-4-15-3-5(6)7(14)8-10-12-13(2)11-8/h5-6,9H,3-4H2,1-2H3. The smallest absolute Gasteiger partial charge is 0.240 e. The van der Waals surface area contributed by atoms with Crippen molar-refractivity contribution < 1.29 is 9.53 Å². The second kappa shape index (κ2) is 4.03. The maximum atomic E-state index is 11.9. The van der Waals surface area contributed by atoms with Crippen LogP contribution in [0.25, 0.3) is 0 Å². The Balaban J connectivity index is 2.13. The van der Waals surface area contributed by atoms with Gasteiger partial charge in [-0.3, -0.25) is 4.79 Å². The van der Waals surface area contributed by atoms with Gasteiger partial charge in [0.25, 0.3) is 0 Å². The molecule has 0 amide bonds. The van der Waals surface area contributed by atoms with E-state index in [9.17, 15) is 4.79 Å². The van der Waals surface area contributed by atoms with Crippen molar-refractivity contribution in [3.05, 3.63) is 5.82 Å². The van der Waals surface area contributed by atoms with Crippen molar-refractivity contribution in [2.24, 2.45) is 13.0 Å². The van der Waals surface area contributed by atoms with Crippen LogP contribution >= 0.6 is 0 Å². The Morgan fingerprint density at radius 1 is 1.60 bits per heavy atom. The number of Topliss-reactive ketones (excluding diaryl/α,β-unsaturated/α-hetero) is 1. The highest BCUT2D eigenvalue weighted by Crippen LogP contribution is 2.16. The molecule has 82 valence electrons. The molecule has 1 aliphatic heterocycles. The highest BCUT2D eigenvalue weighted by atomic mass is 16.5. The molecule has 0 aromatic carbocycles. The summed E-state index contributed by atoms with van der Waals surface area (Å²) < 4.78 is 5.24. The Kier molecular flexibility index (Phi) is 2.74. The summed E-state index contributed by atoms with van der Waals surface area (Å²) in [5, 5.41) is 14.3. The molecule has 1 saturated heterocycles. The molecule has 1 fully saturated rings. The summed E-state index contributed by atoms with van der Waals surface area (Å²) >= 11 is 0. The first-order chi connectivity index (χ1) is 7.22. The molecule has 2 heterocycles. The average Bonchev–Trinajstić information content (AvgIpc) is 2.84. The topological polar surface area (TPSA) is 81.9 Å². The Labute approximate surface area is 86.8 Å². The second-order valence-electron chi connectivity index (χ2n) is 3.51. The van der Waals surface area contributed by atoms with E-state index < -0.39 is 0 Å². The number of nitrogens with zero attached hydrogens (tertiary/aromatic N) is 4. The van der Waals surface area contributed by atoms with Gasteiger partial charge in [-0.15, -0.1) is 10.2 Å². The number of likely N-dealkylation sites (N-methyl/N-ethyl adjacent to an activating group) is 1. The first-order valence-electron chi connectivity index (χ1n) is 4.75. The minimum atomic E-state index is -0.209. The minimum Gasteiger partial charge on any atom is -0.379 e. The predicted molar refractivity (Wildman–Crippen MR) is 50.3 cm³/mol. The summed E-state index contributed by atoms with van der Waals surface area (Å²) in [4.78, 5) is 13.2. The molecule has 2 atom stereocenters. The molecule has 1 aromatic heterocycles. The van der Waals surface area contributed by atoms with Crippen LogP contribution in [0.15, 0.2) is 0 Å². The predicted octanol–water partition coefficient (Wildman–Crippen LogP) is -1.37. The number of carbonyl (C=O) groups excluding carboxylic acids is 1. The molecular formula is C8H13N5O2. The van der Waals surface area contributed by atoms with E-state index in [0.29, 0.717) is 13.2 Å². The normalized spacial score (nSPS) is 25.7. The molecule has 0 aliphatic carbocycles. The number of rotatable bonds is 3. The molecule has 15 heavy (non-hydrogen) atoms. The zero-order valence-corrected chi connectivity index (χ0v) is 8.67. The van der Waals surface area contributed by atoms with Gasteiger partial charge in [-0.1, -0.05) is 0 Å². The monoisotopic (exact) mass is 211 g/mol. The first-order valence-corrected chi connectivity index (χ1v) is 4.75. The number of aromatic nitrogens is 4. The van der Waals surface area contributed by atoms with Crippen LogP contribution in [-0.4, -0.2) is 52.3 Å². The summed E-state index contributed by atoms with van der Waals surface area (Å²) in [7, 11) is 3.44. The van der Waals surface area contributed by atoms with Gasteiger partial charge in [-0.25, -0.2) is 0 Å². The molecule has 2 unspecified atom stereocenters. The van der Waals surface area contributed by atoms with Gasteiger partial charge in [0.15, 0.2) is 0 Å². The molecule has 0 spiro atoms. The third-order valence-electron chi connectivity index (χ3n) is 2.52. The number of tetrazole rings is 1. The molecule has 7 nitrogen and oxygen atoms in total. The van der Waals surface area contributed by atoms with Crippen LogP contribution in [0.4, 0.5) is 0 Å². The second-order valence-corrected chi connectivity index (χ2v) is 3.51. The van der Waals surface area contributed by atoms with Gasteiger partial charge in [0.05, 0.1) is 26.2 Å². The fourth-order valence-corrected chi connectivity index (χ4v) is 1.65. The van der Waals surface area contributed by atoms with Crippen molar-refractivity contribution in [2.45, 2.75) is 6.04 Å². The van der Waals surface area contributed by atoms with Crippen molar-refractivity contribution in [1.29, 1.82) is 0 Å². The van der Waals surface area contributed by atoms with Crippen molar-refractivity contribution in [1.82, 2.24) is 25.5 Å². The van der Waals surface area contributed by atoms with E-state index in [4.69, 9.17) is 4.74 Å². The van der Waals surface area contributed by atoms with Gasteiger partial charge < -0.3 is 10.1 Å². The number of aryl methyl sites for hydroxylation is 1. The lowest BCUT2D eigenvalue weighted by atomic mass is 9.98. The molecule has 0 saturated carbocycles. The molecule has 0 radical (unpaired) electrons. The maximum absolute atomic E-state index is 11.9. The Hall–Kier alpha value is -1.34. The SMILES string of the molecule is CNC1COCC1C(=O)c1nnn(C)n1. The van der Waals surface area contributed by atoms with Crippen molar-refractivity contribution in [2.75, 3.05) is 20.3 Å². The van der Waals surface area contributed by atoms with Crippen LogP contribution in [0.1, 0.15) is 10.6 Å². The molecule has 1 aliphatic rings. The van der Waals surface area contributed by atoms with Gasteiger partial charge in [-0.2, -0.15) is 4.80 Å².